The standard InChI is InChI=1S/C26H41NO4/c1-2-3-4-5-6-7-8-9-10-11-12-13-24-20-26(29)27-21-25(28)22-14-16-23(17-15-22)30-18-19-31-24/h14-17,24H,2-13,18-21H2,1H3,(H,27,29). The van der Waals surface area contributed by atoms with Gasteiger partial charge in [-0.3, -0.25) is 9.59 Å². The Kier molecular flexibility index (Phi) is 13.0. The van der Waals surface area contributed by atoms with Gasteiger partial charge in [-0.1, -0.05) is 77.6 Å². The van der Waals surface area contributed by atoms with Crippen molar-refractivity contribution in [1.82, 2.24) is 5.32 Å². The second-order valence-corrected chi connectivity index (χ2v) is 8.59. The molecule has 174 valence electrons. The minimum Gasteiger partial charge on any atom is -0.491 e. The molecule has 1 unspecified atom stereocenters. The highest BCUT2D eigenvalue weighted by Crippen LogP contribution is 2.16. The lowest BCUT2D eigenvalue weighted by atomic mass is 10.0. The fraction of sp³-hybridized carbons (Fsp3) is 0.692. The average Bonchev–Trinajstić information content (AvgIpc) is 2.78. The molecule has 2 aliphatic rings. The van der Waals surface area contributed by atoms with Crippen molar-refractivity contribution in [3.05, 3.63) is 29.8 Å². The Hall–Kier alpha value is -1.88. The van der Waals surface area contributed by atoms with Gasteiger partial charge in [0.15, 0.2) is 5.78 Å². The summed E-state index contributed by atoms with van der Waals surface area (Å²) in [5.41, 5.74) is 0.582. The van der Waals surface area contributed by atoms with Gasteiger partial charge in [0.2, 0.25) is 5.91 Å². The topological polar surface area (TPSA) is 64.6 Å². The van der Waals surface area contributed by atoms with E-state index in [9.17, 15) is 9.59 Å². The Labute approximate surface area is 188 Å². The smallest absolute Gasteiger partial charge is 0.222 e. The second-order valence-electron chi connectivity index (χ2n) is 8.59. The lowest BCUT2D eigenvalue weighted by Gasteiger charge is -2.18. The molecule has 1 aromatic rings. The Morgan fingerprint density at radius 3 is 2.10 bits per heavy atom. The van der Waals surface area contributed by atoms with E-state index in [1.54, 1.807) is 24.3 Å². The normalized spacial score (nSPS) is 17.8. The minimum atomic E-state index is -0.129. The van der Waals surface area contributed by atoms with E-state index >= 15 is 0 Å². The number of amides is 1. The van der Waals surface area contributed by atoms with E-state index in [1.807, 2.05) is 0 Å². The van der Waals surface area contributed by atoms with Gasteiger partial charge in [-0.25, -0.2) is 0 Å². The molecule has 1 aromatic carbocycles. The molecule has 0 aliphatic carbocycles. The second kappa shape index (κ2) is 15.9. The number of hydrogen-bond donors (Lipinski definition) is 1. The van der Waals surface area contributed by atoms with E-state index in [0.717, 1.165) is 18.6 Å². The molecule has 1 amide bonds. The summed E-state index contributed by atoms with van der Waals surface area (Å²) >= 11 is 0. The predicted molar refractivity (Wildman–Crippen MR) is 125 cm³/mol. The number of carbonyl (C=O) groups is 2. The van der Waals surface area contributed by atoms with Crippen LogP contribution in [0.4, 0.5) is 0 Å². The first-order chi connectivity index (χ1) is 15.2. The lowest BCUT2D eigenvalue weighted by molar-refractivity contribution is -0.124. The number of Topliss-reactive ketones (excluding diaryl/α,β-unsaturated/α-hetero) is 1. The first kappa shape index (κ1) is 25.4. The number of rotatable bonds is 12. The summed E-state index contributed by atoms with van der Waals surface area (Å²) in [5.74, 6) is 0.499. The summed E-state index contributed by atoms with van der Waals surface area (Å²) in [5, 5.41) is 2.75. The summed E-state index contributed by atoms with van der Waals surface area (Å²) in [7, 11) is 0. The van der Waals surface area contributed by atoms with Gasteiger partial charge < -0.3 is 14.8 Å². The Balaban J connectivity index is 1.64. The molecule has 0 spiro atoms. The highest BCUT2D eigenvalue weighted by atomic mass is 16.5. The van der Waals surface area contributed by atoms with Gasteiger partial charge in [0.05, 0.1) is 25.7 Å². The number of carbonyl (C=O) groups excluding carboxylic acids is 2. The minimum absolute atomic E-state index is 0.0181. The van der Waals surface area contributed by atoms with Crippen LogP contribution in [0.25, 0.3) is 0 Å². The Morgan fingerprint density at radius 2 is 1.45 bits per heavy atom. The third-order valence-corrected chi connectivity index (χ3v) is 5.87. The summed E-state index contributed by atoms with van der Waals surface area (Å²) < 4.78 is 11.6. The zero-order valence-corrected chi connectivity index (χ0v) is 19.3. The van der Waals surface area contributed by atoms with Crippen LogP contribution in [0.15, 0.2) is 24.3 Å². The Morgan fingerprint density at radius 1 is 0.839 bits per heavy atom. The number of ketones is 1. The van der Waals surface area contributed by atoms with Gasteiger partial charge in [-0.15, -0.1) is 0 Å². The number of unbranched alkanes of at least 4 members (excludes halogenated alkanes) is 10. The van der Waals surface area contributed by atoms with Crippen LogP contribution in [0.1, 0.15) is 101 Å². The molecular formula is C26H41NO4. The van der Waals surface area contributed by atoms with Gasteiger partial charge in [0, 0.05) is 5.56 Å². The van der Waals surface area contributed by atoms with E-state index < -0.39 is 0 Å². The van der Waals surface area contributed by atoms with E-state index in [0.29, 0.717) is 25.2 Å². The fourth-order valence-electron chi connectivity index (χ4n) is 3.95. The maximum absolute atomic E-state index is 12.3. The quantitative estimate of drug-likeness (QED) is 0.421. The molecule has 2 bridgehead atoms. The first-order valence-corrected chi connectivity index (χ1v) is 12.3. The van der Waals surface area contributed by atoms with E-state index in [2.05, 4.69) is 12.2 Å². The van der Waals surface area contributed by atoms with Crippen LogP contribution in [0.3, 0.4) is 0 Å². The molecule has 0 saturated heterocycles. The van der Waals surface area contributed by atoms with Crippen LogP contribution in [0.5, 0.6) is 5.75 Å². The fourth-order valence-corrected chi connectivity index (χ4v) is 3.95. The summed E-state index contributed by atoms with van der Waals surface area (Å²) in [4.78, 5) is 24.5. The number of fused-ring (bicyclic) bond motifs is 11. The van der Waals surface area contributed by atoms with Gasteiger partial charge >= 0.3 is 0 Å². The molecule has 1 atom stereocenters. The maximum Gasteiger partial charge on any atom is 0.222 e. The van der Waals surface area contributed by atoms with Crippen LogP contribution >= 0.6 is 0 Å². The summed E-state index contributed by atoms with van der Waals surface area (Å²) in [6, 6.07) is 7.02. The Bertz CT molecular complexity index is 629. The van der Waals surface area contributed by atoms with E-state index in [-0.39, 0.29) is 24.3 Å². The van der Waals surface area contributed by atoms with Gasteiger partial charge in [0.1, 0.15) is 12.4 Å². The van der Waals surface area contributed by atoms with Crippen LogP contribution in [-0.4, -0.2) is 37.6 Å². The van der Waals surface area contributed by atoms with Crippen molar-refractivity contribution in [3.8, 4) is 5.75 Å². The molecule has 5 nitrogen and oxygen atoms in total. The molecular weight excluding hydrogens is 390 g/mol. The van der Waals surface area contributed by atoms with Crippen molar-refractivity contribution in [3.63, 3.8) is 0 Å². The number of benzene rings is 1. The van der Waals surface area contributed by atoms with Gasteiger partial charge in [-0.05, 0) is 30.7 Å². The predicted octanol–water partition coefficient (Wildman–Crippen LogP) is 5.85. The maximum atomic E-state index is 12.3. The van der Waals surface area contributed by atoms with Crippen LogP contribution in [-0.2, 0) is 9.53 Å². The molecule has 5 heteroatoms. The van der Waals surface area contributed by atoms with Crippen molar-refractivity contribution in [2.45, 2.75) is 96.5 Å². The van der Waals surface area contributed by atoms with Crippen LogP contribution in [0.2, 0.25) is 0 Å². The van der Waals surface area contributed by atoms with Crippen molar-refractivity contribution in [2.24, 2.45) is 0 Å². The van der Waals surface area contributed by atoms with Crippen molar-refractivity contribution in [1.29, 1.82) is 0 Å². The summed E-state index contributed by atoms with van der Waals surface area (Å²) in [6.07, 6.45) is 15.4. The molecule has 0 aromatic heterocycles. The number of nitrogens with one attached hydrogen (secondary N) is 1. The molecule has 0 fully saturated rings. The largest absolute Gasteiger partial charge is 0.491 e. The lowest BCUT2D eigenvalue weighted by Crippen LogP contribution is -2.33. The van der Waals surface area contributed by atoms with Gasteiger partial charge in [-0.2, -0.15) is 0 Å². The zero-order valence-electron chi connectivity index (χ0n) is 19.3. The highest BCUT2D eigenvalue weighted by molar-refractivity contribution is 5.99. The molecule has 1 N–H and O–H groups in total. The average molecular weight is 432 g/mol. The van der Waals surface area contributed by atoms with Crippen LogP contribution in [0, 0.1) is 0 Å². The molecule has 0 radical (unpaired) electrons. The zero-order chi connectivity index (χ0) is 22.2. The third kappa shape index (κ3) is 11.3. The highest BCUT2D eigenvalue weighted by Gasteiger charge is 2.16. The van der Waals surface area contributed by atoms with E-state index in [1.165, 1.54) is 64.2 Å². The van der Waals surface area contributed by atoms with E-state index in [4.69, 9.17) is 9.47 Å². The van der Waals surface area contributed by atoms with Gasteiger partial charge in [0.25, 0.3) is 0 Å². The number of hydrogen-bond acceptors (Lipinski definition) is 4. The molecule has 3 rings (SSSR count). The monoisotopic (exact) mass is 431 g/mol. The SMILES string of the molecule is CCCCCCCCCCCCCC1CC(=O)NCC(=O)c2ccc(cc2)OCCO1. The summed E-state index contributed by atoms with van der Waals surface area (Å²) in [6.45, 7) is 3.16. The van der Waals surface area contributed by atoms with Crippen molar-refractivity contribution in [2.75, 3.05) is 19.8 Å². The van der Waals surface area contributed by atoms with Crippen molar-refractivity contribution >= 4 is 11.7 Å². The van der Waals surface area contributed by atoms with Crippen molar-refractivity contribution < 1.29 is 19.1 Å². The molecule has 2 aliphatic heterocycles. The third-order valence-electron chi connectivity index (χ3n) is 5.87. The first-order valence-electron chi connectivity index (χ1n) is 12.3. The molecule has 2 heterocycles. The molecule has 0 saturated carbocycles. The van der Waals surface area contributed by atoms with Crippen LogP contribution < -0.4 is 10.1 Å². The number of ether oxygens (including phenoxy) is 2. The molecule has 31 heavy (non-hydrogen) atoms.